The first kappa shape index (κ1) is 15.2. The molecule has 0 saturated heterocycles. The van der Waals surface area contributed by atoms with E-state index < -0.39 is 0 Å². The Hall–Kier alpha value is -2.22. The van der Waals surface area contributed by atoms with E-state index in [-0.39, 0.29) is 0 Å². The maximum atomic E-state index is 3.33. The standard InChI is InChI=1S/C19H24N2/c1-4-19(15-7-11-17(12-8-15)20-5-2)16-9-13-18(14-10-16)21-6-3/h4,7-14,20-21H,5-6H2,1-3H3. The minimum Gasteiger partial charge on any atom is -0.385 e. The van der Waals surface area contributed by atoms with Gasteiger partial charge in [0.2, 0.25) is 0 Å². The van der Waals surface area contributed by atoms with Crippen LogP contribution in [0.1, 0.15) is 31.9 Å². The van der Waals surface area contributed by atoms with E-state index in [2.05, 4.69) is 86.0 Å². The Labute approximate surface area is 127 Å². The first-order chi connectivity index (χ1) is 10.3. The zero-order valence-corrected chi connectivity index (χ0v) is 13.1. The number of hydrogen-bond donors (Lipinski definition) is 2. The van der Waals surface area contributed by atoms with Gasteiger partial charge in [-0.1, -0.05) is 30.3 Å². The predicted octanol–water partition coefficient (Wildman–Crippen LogP) is 5.00. The Balaban J connectivity index is 2.22. The summed E-state index contributed by atoms with van der Waals surface area (Å²) in [5.41, 5.74) is 6.09. The minimum absolute atomic E-state index is 0.946. The number of rotatable bonds is 6. The zero-order valence-electron chi connectivity index (χ0n) is 13.1. The van der Waals surface area contributed by atoms with E-state index in [1.54, 1.807) is 0 Å². The van der Waals surface area contributed by atoms with Crippen LogP contribution in [0.4, 0.5) is 11.4 Å². The maximum Gasteiger partial charge on any atom is 0.0340 e. The van der Waals surface area contributed by atoms with Crippen LogP contribution in [0, 0.1) is 0 Å². The van der Waals surface area contributed by atoms with E-state index in [4.69, 9.17) is 0 Å². The molecule has 0 fully saturated rings. The molecule has 2 heteroatoms. The van der Waals surface area contributed by atoms with E-state index in [0.29, 0.717) is 0 Å². The van der Waals surface area contributed by atoms with E-state index >= 15 is 0 Å². The highest BCUT2D eigenvalue weighted by molar-refractivity contribution is 5.80. The molecule has 0 amide bonds. The van der Waals surface area contributed by atoms with Crippen molar-refractivity contribution in [3.05, 3.63) is 65.7 Å². The van der Waals surface area contributed by atoms with Crippen molar-refractivity contribution in [1.82, 2.24) is 0 Å². The quantitative estimate of drug-likeness (QED) is 0.778. The monoisotopic (exact) mass is 280 g/mol. The van der Waals surface area contributed by atoms with Gasteiger partial charge in [0.25, 0.3) is 0 Å². The summed E-state index contributed by atoms with van der Waals surface area (Å²) in [7, 11) is 0. The van der Waals surface area contributed by atoms with Crippen LogP contribution in [0.2, 0.25) is 0 Å². The highest BCUT2D eigenvalue weighted by Gasteiger charge is 2.04. The molecule has 0 saturated carbocycles. The smallest absolute Gasteiger partial charge is 0.0340 e. The van der Waals surface area contributed by atoms with Crippen molar-refractivity contribution >= 4 is 16.9 Å². The van der Waals surface area contributed by atoms with Gasteiger partial charge in [0, 0.05) is 24.5 Å². The summed E-state index contributed by atoms with van der Waals surface area (Å²) >= 11 is 0. The van der Waals surface area contributed by atoms with Gasteiger partial charge in [0.1, 0.15) is 0 Å². The van der Waals surface area contributed by atoms with E-state index in [0.717, 1.165) is 13.1 Å². The van der Waals surface area contributed by atoms with Gasteiger partial charge in [-0.3, -0.25) is 0 Å². The van der Waals surface area contributed by atoms with E-state index in [1.165, 1.54) is 28.1 Å². The molecule has 2 nitrogen and oxygen atoms in total. The molecule has 0 aliphatic carbocycles. The van der Waals surface area contributed by atoms with Gasteiger partial charge >= 0.3 is 0 Å². The molecular formula is C19H24N2. The van der Waals surface area contributed by atoms with Gasteiger partial charge in [-0.2, -0.15) is 0 Å². The highest BCUT2D eigenvalue weighted by atomic mass is 14.8. The third kappa shape index (κ3) is 3.88. The topological polar surface area (TPSA) is 24.1 Å². The molecule has 2 aromatic carbocycles. The average Bonchev–Trinajstić information content (AvgIpc) is 2.52. The molecule has 2 N–H and O–H groups in total. The molecule has 0 aliphatic heterocycles. The minimum atomic E-state index is 0.946. The maximum absolute atomic E-state index is 3.33. The van der Waals surface area contributed by atoms with Crippen LogP contribution in [0.25, 0.3) is 5.57 Å². The lowest BCUT2D eigenvalue weighted by atomic mass is 9.97. The number of anilines is 2. The first-order valence-corrected chi connectivity index (χ1v) is 7.63. The molecule has 2 rings (SSSR count). The Morgan fingerprint density at radius 1 is 0.762 bits per heavy atom. The molecule has 0 heterocycles. The van der Waals surface area contributed by atoms with Crippen LogP contribution in [-0.2, 0) is 0 Å². The summed E-state index contributed by atoms with van der Waals surface area (Å²) in [6.45, 7) is 8.20. The molecule has 0 bridgehead atoms. The number of allylic oxidation sites excluding steroid dienone is 1. The number of nitrogens with one attached hydrogen (secondary N) is 2. The summed E-state index contributed by atoms with van der Waals surface area (Å²) in [5, 5.41) is 6.65. The molecule has 0 radical (unpaired) electrons. The fourth-order valence-corrected chi connectivity index (χ4v) is 2.44. The second-order valence-corrected chi connectivity index (χ2v) is 4.92. The fourth-order valence-electron chi connectivity index (χ4n) is 2.44. The molecule has 0 spiro atoms. The van der Waals surface area contributed by atoms with E-state index in [1.807, 2.05) is 0 Å². The van der Waals surface area contributed by atoms with Gasteiger partial charge in [-0.15, -0.1) is 0 Å². The van der Waals surface area contributed by atoms with Gasteiger partial charge in [0.05, 0.1) is 0 Å². The first-order valence-electron chi connectivity index (χ1n) is 7.63. The largest absolute Gasteiger partial charge is 0.385 e. The second kappa shape index (κ2) is 7.53. The Morgan fingerprint density at radius 2 is 1.14 bits per heavy atom. The predicted molar refractivity (Wildman–Crippen MR) is 94.0 cm³/mol. The normalized spacial score (nSPS) is 10.0. The van der Waals surface area contributed by atoms with Crippen molar-refractivity contribution in [3.8, 4) is 0 Å². The second-order valence-electron chi connectivity index (χ2n) is 4.92. The van der Waals surface area contributed by atoms with Crippen molar-refractivity contribution in [1.29, 1.82) is 0 Å². The summed E-state index contributed by atoms with van der Waals surface area (Å²) in [5.74, 6) is 0. The lowest BCUT2D eigenvalue weighted by molar-refractivity contribution is 1.21. The highest BCUT2D eigenvalue weighted by Crippen LogP contribution is 2.25. The van der Waals surface area contributed by atoms with Crippen molar-refractivity contribution in [2.45, 2.75) is 20.8 Å². The van der Waals surface area contributed by atoms with Crippen molar-refractivity contribution < 1.29 is 0 Å². The molecule has 0 unspecified atom stereocenters. The van der Waals surface area contributed by atoms with Crippen LogP contribution in [-0.4, -0.2) is 13.1 Å². The molecule has 0 aromatic heterocycles. The number of benzene rings is 2. The van der Waals surface area contributed by atoms with Gasteiger partial charge in [-0.25, -0.2) is 0 Å². The average molecular weight is 280 g/mol. The molecule has 0 atom stereocenters. The molecule has 110 valence electrons. The zero-order chi connectivity index (χ0) is 15.1. The summed E-state index contributed by atoms with van der Waals surface area (Å²) in [4.78, 5) is 0. The van der Waals surface area contributed by atoms with Crippen LogP contribution in [0.15, 0.2) is 54.6 Å². The number of hydrogen-bond acceptors (Lipinski definition) is 2. The molecule has 0 aliphatic rings. The van der Waals surface area contributed by atoms with Crippen LogP contribution in [0.5, 0.6) is 0 Å². The van der Waals surface area contributed by atoms with Crippen molar-refractivity contribution in [2.24, 2.45) is 0 Å². The Kier molecular flexibility index (Phi) is 5.44. The molecular weight excluding hydrogens is 256 g/mol. The fraction of sp³-hybridized carbons (Fsp3) is 0.263. The van der Waals surface area contributed by atoms with Crippen molar-refractivity contribution in [2.75, 3.05) is 23.7 Å². The lowest BCUT2D eigenvalue weighted by Crippen LogP contribution is -1.97. The molecule has 2 aromatic rings. The Bertz CT molecular complexity index is 528. The summed E-state index contributed by atoms with van der Waals surface area (Å²) in [6, 6.07) is 17.2. The molecule has 21 heavy (non-hydrogen) atoms. The van der Waals surface area contributed by atoms with Crippen LogP contribution in [0.3, 0.4) is 0 Å². The van der Waals surface area contributed by atoms with Crippen molar-refractivity contribution in [3.63, 3.8) is 0 Å². The summed E-state index contributed by atoms with van der Waals surface area (Å²) < 4.78 is 0. The van der Waals surface area contributed by atoms with Crippen LogP contribution < -0.4 is 10.6 Å². The third-order valence-electron chi connectivity index (χ3n) is 3.44. The lowest BCUT2D eigenvalue weighted by Gasteiger charge is -2.11. The SMILES string of the molecule is CC=C(c1ccc(NCC)cc1)c1ccc(NCC)cc1. The Morgan fingerprint density at radius 3 is 1.43 bits per heavy atom. The van der Waals surface area contributed by atoms with Crippen LogP contribution >= 0.6 is 0 Å². The summed E-state index contributed by atoms with van der Waals surface area (Å²) in [6.07, 6.45) is 2.17. The van der Waals surface area contributed by atoms with Gasteiger partial charge in [0.15, 0.2) is 0 Å². The van der Waals surface area contributed by atoms with E-state index in [9.17, 15) is 0 Å². The van der Waals surface area contributed by atoms with Gasteiger partial charge in [-0.05, 0) is 61.7 Å². The third-order valence-corrected chi connectivity index (χ3v) is 3.44. The van der Waals surface area contributed by atoms with Gasteiger partial charge < -0.3 is 10.6 Å².